The van der Waals surface area contributed by atoms with Crippen molar-refractivity contribution < 1.29 is 33.6 Å². The first-order chi connectivity index (χ1) is 9.08. The molecule has 0 aliphatic carbocycles. The number of hydrogen-bond acceptors (Lipinski definition) is 8. The van der Waals surface area contributed by atoms with Gasteiger partial charge in [-0.25, -0.2) is 9.59 Å². The van der Waals surface area contributed by atoms with E-state index in [1.54, 1.807) is 0 Å². The molecule has 7 nitrogen and oxygen atoms in total. The summed E-state index contributed by atoms with van der Waals surface area (Å²) < 4.78 is 19.9. The van der Waals surface area contributed by atoms with Crippen LogP contribution in [0, 0.1) is 0 Å². The number of ether oxygens (including phenoxy) is 4. The number of thiophene rings is 1. The smallest absolute Gasteiger partial charge is 0.352 e. The molecule has 19 heavy (non-hydrogen) atoms. The van der Waals surface area contributed by atoms with Crippen LogP contribution in [0.3, 0.4) is 0 Å². The first kappa shape index (κ1) is 13.6. The van der Waals surface area contributed by atoms with Gasteiger partial charge >= 0.3 is 11.9 Å². The van der Waals surface area contributed by atoms with E-state index in [-0.39, 0.29) is 34.5 Å². The predicted molar refractivity (Wildman–Crippen MR) is 64.0 cm³/mol. The highest BCUT2D eigenvalue weighted by atomic mass is 32.1. The van der Waals surface area contributed by atoms with Crippen molar-refractivity contribution in [3.8, 4) is 11.5 Å². The van der Waals surface area contributed by atoms with E-state index in [9.17, 15) is 14.7 Å². The molecule has 0 aromatic carbocycles. The van der Waals surface area contributed by atoms with E-state index in [4.69, 9.17) is 9.47 Å². The minimum atomic E-state index is -0.839. The zero-order valence-corrected chi connectivity index (χ0v) is 11.1. The summed E-state index contributed by atoms with van der Waals surface area (Å²) in [5, 5.41) is 9.47. The molecule has 0 radical (unpaired) electrons. The van der Waals surface area contributed by atoms with Crippen LogP contribution in [-0.2, 0) is 9.47 Å². The molecule has 1 N–H and O–H groups in total. The van der Waals surface area contributed by atoms with Crippen LogP contribution in [0.5, 0.6) is 11.5 Å². The molecule has 1 aromatic rings. The van der Waals surface area contributed by atoms with Crippen LogP contribution < -0.4 is 9.47 Å². The summed E-state index contributed by atoms with van der Waals surface area (Å²) in [4.78, 5) is 23.5. The largest absolute Gasteiger partial charge is 0.485 e. The van der Waals surface area contributed by atoms with Gasteiger partial charge in [0.25, 0.3) is 0 Å². The number of methoxy groups -OCH3 is 2. The standard InChI is InChI=1S/C11H12O7S/c1-15-10(13)8-6-7(9(19-8)11(14)16-2)18-4-5(12)3-17-6/h5,12H,3-4H2,1-2H3. The van der Waals surface area contributed by atoms with Crippen LogP contribution >= 0.6 is 11.3 Å². The second-order valence-corrected chi connectivity index (χ2v) is 4.70. The average molecular weight is 288 g/mol. The van der Waals surface area contributed by atoms with Crippen molar-refractivity contribution in [2.45, 2.75) is 6.10 Å². The summed E-state index contributed by atoms with van der Waals surface area (Å²) in [6, 6.07) is 0. The lowest BCUT2D eigenvalue weighted by Gasteiger charge is -2.05. The van der Waals surface area contributed by atoms with Crippen molar-refractivity contribution in [1.82, 2.24) is 0 Å². The maximum Gasteiger partial charge on any atom is 0.352 e. The molecule has 0 atom stereocenters. The number of aliphatic hydroxyl groups is 1. The first-order valence-electron chi connectivity index (χ1n) is 5.35. The van der Waals surface area contributed by atoms with Crippen molar-refractivity contribution >= 4 is 23.3 Å². The third kappa shape index (κ3) is 2.49. The summed E-state index contributed by atoms with van der Waals surface area (Å²) in [6.07, 6.45) is -0.839. The van der Waals surface area contributed by atoms with E-state index in [1.807, 2.05) is 0 Å². The van der Waals surface area contributed by atoms with Gasteiger partial charge in [0.15, 0.2) is 21.3 Å². The Morgan fingerprint density at radius 2 is 1.53 bits per heavy atom. The SMILES string of the molecule is COC(=O)c1sc(C(=O)OC)c2c1OCC(O)CO2. The number of aliphatic hydroxyl groups excluding tert-OH is 1. The number of fused-ring (bicyclic) bond motifs is 1. The number of esters is 2. The van der Waals surface area contributed by atoms with Gasteiger partial charge in [0.1, 0.15) is 19.3 Å². The van der Waals surface area contributed by atoms with Gasteiger partial charge in [-0.1, -0.05) is 0 Å². The third-order valence-corrected chi connectivity index (χ3v) is 3.52. The summed E-state index contributed by atoms with van der Waals surface area (Å²) in [5.41, 5.74) is 0. The molecule has 2 heterocycles. The second-order valence-electron chi connectivity index (χ2n) is 3.68. The van der Waals surface area contributed by atoms with E-state index < -0.39 is 18.0 Å². The van der Waals surface area contributed by atoms with E-state index in [0.717, 1.165) is 11.3 Å². The highest BCUT2D eigenvalue weighted by molar-refractivity contribution is 7.16. The van der Waals surface area contributed by atoms with Gasteiger partial charge in [-0.05, 0) is 0 Å². The molecule has 104 valence electrons. The molecule has 0 spiro atoms. The Labute approximate surface area is 112 Å². The van der Waals surface area contributed by atoms with E-state index in [1.165, 1.54) is 14.2 Å². The molecular formula is C11H12O7S. The Balaban J connectivity index is 2.50. The molecule has 8 heteroatoms. The van der Waals surface area contributed by atoms with Gasteiger partial charge in [0.2, 0.25) is 0 Å². The minimum absolute atomic E-state index is 0.0334. The Bertz CT molecular complexity index is 465. The van der Waals surface area contributed by atoms with Gasteiger partial charge in [-0.3, -0.25) is 0 Å². The van der Waals surface area contributed by atoms with Crippen LogP contribution in [-0.4, -0.2) is 50.6 Å². The van der Waals surface area contributed by atoms with Crippen LogP contribution in [0.25, 0.3) is 0 Å². The molecule has 0 saturated carbocycles. The van der Waals surface area contributed by atoms with Crippen molar-refractivity contribution in [3.63, 3.8) is 0 Å². The fraction of sp³-hybridized carbons (Fsp3) is 0.455. The van der Waals surface area contributed by atoms with E-state index >= 15 is 0 Å². The highest BCUT2D eigenvalue weighted by Crippen LogP contribution is 2.44. The van der Waals surface area contributed by atoms with Gasteiger partial charge in [0.05, 0.1) is 14.2 Å². The predicted octanol–water partition coefficient (Wildman–Crippen LogP) is 0.453. The number of rotatable bonds is 2. The first-order valence-corrected chi connectivity index (χ1v) is 6.17. The molecular weight excluding hydrogens is 276 g/mol. The van der Waals surface area contributed by atoms with Crippen molar-refractivity contribution in [3.05, 3.63) is 9.75 Å². The Morgan fingerprint density at radius 3 is 1.89 bits per heavy atom. The lowest BCUT2D eigenvalue weighted by molar-refractivity contribution is 0.0593. The van der Waals surface area contributed by atoms with Gasteiger partial charge < -0.3 is 24.1 Å². The Hall–Kier alpha value is -1.80. The lowest BCUT2D eigenvalue weighted by Crippen LogP contribution is -2.22. The van der Waals surface area contributed by atoms with Gasteiger partial charge in [-0.15, -0.1) is 11.3 Å². The van der Waals surface area contributed by atoms with Crippen molar-refractivity contribution in [2.24, 2.45) is 0 Å². The van der Waals surface area contributed by atoms with Crippen LogP contribution in [0.15, 0.2) is 0 Å². The quantitative estimate of drug-likeness (QED) is 0.790. The van der Waals surface area contributed by atoms with Gasteiger partial charge in [-0.2, -0.15) is 0 Å². The number of hydrogen-bond donors (Lipinski definition) is 1. The number of carbonyl (C=O) groups excluding carboxylic acids is 2. The monoisotopic (exact) mass is 288 g/mol. The van der Waals surface area contributed by atoms with Crippen LogP contribution in [0.2, 0.25) is 0 Å². The normalized spacial score (nSPS) is 14.7. The number of carbonyl (C=O) groups is 2. The molecule has 0 saturated heterocycles. The minimum Gasteiger partial charge on any atom is -0.485 e. The Morgan fingerprint density at radius 1 is 1.11 bits per heavy atom. The van der Waals surface area contributed by atoms with Crippen LogP contribution in [0.4, 0.5) is 0 Å². The van der Waals surface area contributed by atoms with E-state index in [2.05, 4.69) is 9.47 Å². The Kier molecular flexibility index (Phi) is 3.91. The maximum absolute atomic E-state index is 11.6. The van der Waals surface area contributed by atoms with Gasteiger partial charge in [0, 0.05) is 0 Å². The summed E-state index contributed by atoms with van der Waals surface area (Å²) >= 11 is 0.870. The molecule has 1 aromatic heterocycles. The van der Waals surface area contributed by atoms with Crippen molar-refractivity contribution in [1.29, 1.82) is 0 Å². The zero-order chi connectivity index (χ0) is 14.0. The third-order valence-electron chi connectivity index (χ3n) is 2.40. The lowest BCUT2D eigenvalue weighted by atomic mass is 10.3. The summed E-state index contributed by atoms with van der Waals surface area (Å²) in [7, 11) is 2.44. The molecule has 0 amide bonds. The zero-order valence-electron chi connectivity index (χ0n) is 10.3. The van der Waals surface area contributed by atoms with Crippen molar-refractivity contribution in [2.75, 3.05) is 27.4 Å². The summed E-state index contributed by atoms with van der Waals surface area (Å²) in [5.74, 6) is -1.07. The average Bonchev–Trinajstić information content (AvgIpc) is 2.69. The fourth-order valence-electron chi connectivity index (χ4n) is 1.52. The molecule has 0 fully saturated rings. The maximum atomic E-state index is 11.6. The molecule has 2 rings (SSSR count). The molecule has 0 unspecified atom stereocenters. The molecule has 1 aliphatic heterocycles. The molecule has 0 bridgehead atoms. The van der Waals surface area contributed by atoms with Crippen LogP contribution in [0.1, 0.15) is 19.3 Å². The van der Waals surface area contributed by atoms with E-state index in [0.29, 0.717) is 0 Å². The fourth-order valence-corrected chi connectivity index (χ4v) is 2.55. The topological polar surface area (TPSA) is 91.3 Å². The second kappa shape index (κ2) is 5.45. The molecule has 1 aliphatic rings. The summed E-state index contributed by atoms with van der Waals surface area (Å²) in [6.45, 7) is -0.0668. The highest BCUT2D eigenvalue weighted by Gasteiger charge is 2.32.